The Morgan fingerprint density at radius 2 is 2.00 bits per heavy atom. The van der Waals surface area contributed by atoms with Gasteiger partial charge in [0, 0.05) is 36.4 Å². The molecule has 0 bridgehead atoms. The van der Waals surface area contributed by atoms with E-state index in [2.05, 4.69) is 4.90 Å². The van der Waals surface area contributed by atoms with Gasteiger partial charge in [0.15, 0.2) is 0 Å². The van der Waals surface area contributed by atoms with Crippen molar-refractivity contribution in [3.05, 3.63) is 23.8 Å². The zero-order valence-corrected chi connectivity index (χ0v) is 10.8. The van der Waals surface area contributed by atoms with E-state index in [1.807, 2.05) is 19.9 Å². The lowest BCUT2D eigenvalue weighted by Gasteiger charge is -2.22. The van der Waals surface area contributed by atoms with E-state index in [0.717, 1.165) is 18.8 Å². The van der Waals surface area contributed by atoms with Gasteiger partial charge in [0.1, 0.15) is 5.75 Å². The van der Waals surface area contributed by atoms with Crippen molar-refractivity contribution in [2.45, 2.75) is 26.3 Å². The highest BCUT2D eigenvalue weighted by Gasteiger charge is 2.15. The zero-order chi connectivity index (χ0) is 13.7. The summed E-state index contributed by atoms with van der Waals surface area (Å²) in [6.07, 6.45) is -0.196. The van der Waals surface area contributed by atoms with Crippen LogP contribution in [0.15, 0.2) is 18.2 Å². The Hall–Kier alpha value is -1.75. The van der Waals surface area contributed by atoms with Crippen LogP contribution < -0.4 is 10.6 Å². The summed E-state index contributed by atoms with van der Waals surface area (Å²) in [6.45, 7) is 5.75. The van der Waals surface area contributed by atoms with Crippen molar-refractivity contribution in [1.82, 2.24) is 0 Å². The number of nitrogens with two attached hydrogens (primary N) is 1. The van der Waals surface area contributed by atoms with Crippen molar-refractivity contribution < 1.29 is 15.0 Å². The molecule has 1 aromatic rings. The molecule has 0 aliphatic heterocycles. The third kappa shape index (κ3) is 3.37. The second-order valence-electron chi connectivity index (χ2n) is 4.12. The van der Waals surface area contributed by atoms with Gasteiger partial charge in [0.05, 0.1) is 6.42 Å². The van der Waals surface area contributed by atoms with Crippen LogP contribution in [0.2, 0.25) is 0 Å². The summed E-state index contributed by atoms with van der Waals surface area (Å²) < 4.78 is 0. The molecule has 1 rings (SSSR count). The van der Waals surface area contributed by atoms with Gasteiger partial charge in [-0.2, -0.15) is 0 Å². The molecule has 5 heteroatoms. The number of carboxylic acids is 1. The van der Waals surface area contributed by atoms with Gasteiger partial charge in [-0.15, -0.1) is 0 Å². The predicted octanol–water partition coefficient (Wildman–Crippen LogP) is 1.71. The Bertz CT molecular complexity index is 417. The Kier molecular flexibility index (Phi) is 4.97. The van der Waals surface area contributed by atoms with E-state index < -0.39 is 12.0 Å². The number of aliphatic carboxylic acids is 1. The molecule has 0 saturated heterocycles. The van der Waals surface area contributed by atoms with Crippen molar-refractivity contribution >= 4 is 11.7 Å². The molecule has 5 nitrogen and oxygen atoms in total. The van der Waals surface area contributed by atoms with Crippen LogP contribution in [0.1, 0.15) is 31.9 Å². The van der Waals surface area contributed by atoms with Crippen LogP contribution in [0.25, 0.3) is 0 Å². The minimum absolute atomic E-state index is 0.0492. The number of carboxylic acid groups (broad SMARTS) is 1. The van der Waals surface area contributed by atoms with Crippen molar-refractivity contribution in [3.8, 4) is 5.75 Å². The number of hydrogen-bond acceptors (Lipinski definition) is 4. The van der Waals surface area contributed by atoms with E-state index in [1.165, 1.54) is 0 Å². The van der Waals surface area contributed by atoms with Crippen LogP contribution in [-0.2, 0) is 4.79 Å². The number of carbonyl (C=O) groups is 1. The molecule has 0 amide bonds. The van der Waals surface area contributed by atoms with Gasteiger partial charge in [-0.05, 0) is 19.9 Å². The van der Waals surface area contributed by atoms with Gasteiger partial charge in [-0.1, -0.05) is 6.07 Å². The van der Waals surface area contributed by atoms with E-state index in [-0.39, 0.29) is 12.2 Å². The lowest BCUT2D eigenvalue weighted by molar-refractivity contribution is -0.137. The SMILES string of the molecule is CCN(CC)c1ccc([C@H](N)CC(=O)O)c(O)c1. The maximum atomic E-state index is 10.6. The molecule has 0 aromatic heterocycles. The minimum Gasteiger partial charge on any atom is -0.508 e. The monoisotopic (exact) mass is 252 g/mol. The second kappa shape index (κ2) is 6.26. The number of anilines is 1. The van der Waals surface area contributed by atoms with Crippen LogP contribution in [-0.4, -0.2) is 29.3 Å². The average molecular weight is 252 g/mol. The minimum atomic E-state index is -0.977. The molecule has 1 atom stereocenters. The molecular weight excluding hydrogens is 232 g/mol. The van der Waals surface area contributed by atoms with Crippen LogP contribution >= 0.6 is 0 Å². The molecule has 0 unspecified atom stereocenters. The first-order valence-electron chi connectivity index (χ1n) is 6.04. The number of rotatable bonds is 6. The van der Waals surface area contributed by atoms with E-state index >= 15 is 0 Å². The first kappa shape index (κ1) is 14.3. The summed E-state index contributed by atoms with van der Waals surface area (Å²) in [5.74, 6) is -0.928. The van der Waals surface area contributed by atoms with Crippen molar-refractivity contribution in [1.29, 1.82) is 0 Å². The largest absolute Gasteiger partial charge is 0.508 e. The third-order valence-electron chi connectivity index (χ3n) is 2.94. The lowest BCUT2D eigenvalue weighted by Crippen LogP contribution is -2.22. The first-order valence-corrected chi connectivity index (χ1v) is 6.04. The first-order chi connectivity index (χ1) is 8.49. The van der Waals surface area contributed by atoms with E-state index in [4.69, 9.17) is 10.8 Å². The molecule has 0 saturated carbocycles. The maximum Gasteiger partial charge on any atom is 0.305 e. The number of phenolic OH excluding ortho intramolecular Hbond substituents is 1. The Labute approximate surface area is 107 Å². The molecule has 0 aliphatic carbocycles. The van der Waals surface area contributed by atoms with Gasteiger partial charge in [-0.3, -0.25) is 4.79 Å². The number of hydrogen-bond donors (Lipinski definition) is 3. The number of phenols is 1. The van der Waals surface area contributed by atoms with Gasteiger partial charge in [-0.25, -0.2) is 0 Å². The third-order valence-corrected chi connectivity index (χ3v) is 2.94. The fourth-order valence-corrected chi connectivity index (χ4v) is 1.93. The van der Waals surface area contributed by atoms with Gasteiger partial charge in [0.2, 0.25) is 0 Å². The fraction of sp³-hybridized carbons (Fsp3) is 0.462. The van der Waals surface area contributed by atoms with Gasteiger partial charge < -0.3 is 20.8 Å². The van der Waals surface area contributed by atoms with E-state index in [0.29, 0.717) is 5.56 Å². The second-order valence-corrected chi connectivity index (χ2v) is 4.12. The Morgan fingerprint density at radius 3 is 2.44 bits per heavy atom. The molecule has 4 N–H and O–H groups in total. The standard InChI is InChI=1S/C13H20N2O3/c1-3-15(4-2)9-5-6-10(12(16)7-9)11(14)8-13(17)18/h5-7,11,16H,3-4,8,14H2,1-2H3,(H,17,18)/t11-/m1/s1. The number of benzene rings is 1. The van der Waals surface area contributed by atoms with Crippen molar-refractivity contribution in [3.63, 3.8) is 0 Å². The summed E-state index contributed by atoms with van der Waals surface area (Å²) in [5.41, 5.74) is 7.11. The molecule has 0 spiro atoms. The highest BCUT2D eigenvalue weighted by atomic mass is 16.4. The lowest BCUT2D eigenvalue weighted by atomic mass is 10.0. The molecule has 0 aliphatic rings. The summed E-state index contributed by atoms with van der Waals surface area (Å²) in [4.78, 5) is 12.7. The van der Waals surface area contributed by atoms with E-state index in [9.17, 15) is 9.90 Å². The summed E-state index contributed by atoms with van der Waals surface area (Å²) >= 11 is 0. The average Bonchev–Trinajstić information content (AvgIpc) is 2.29. The molecular formula is C13H20N2O3. The summed E-state index contributed by atoms with van der Waals surface area (Å²) in [6, 6.07) is 4.48. The highest BCUT2D eigenvalue weighted by molar-refractivity contribution is 5.68. The van der Waals surface area contributed by atoms with Crippen molar-refractivity contribution in [2.75, 3.05) is 18.0 Å². The molecule has 1 aromatic carbocycles. The molecule has 0 heterocycles. The van der Waals surface area contributed by atoms with E-state index in [1.54, 1.807) is 12.1 Å². The number of aromatic hydroxyl groups is 1. The van der Waals surface area contributed by atoms with Gasteiger partial charge in [0.25, 0.3) is 0 Å². The molecule has 18 heavy (non-hydrogen) atoms. The number of nitrogens with zero attached hydrogens (tertiary/aromatic N) is 1. The normalized spacial score (nSPS) is 12.2. The summed E-state index contributed by atoms with van der Waals surface area (Å²) in [5, 5.41) is 18.6. The van der Waals surface area contributed by atoms with Crippen LogP contribution in [0.3, 0.4) is 0 Å². The predicted molar refractivity (Wildman–Crippen MR) is 70.8 cm³/mol. The van der Waals surface area contributed by atoms with Crippen molar-refractivity contribution in [2.24, 2.45) is 5.73 Å². The Balaban J connectivity index is 2.95. The van der Waals surface area contributed by atoms with Gasteiger partial charge >= 0.3 is 5.97 Å². The van der Waals surface area contributed by atoms with Crippen LogP contribution in [0, 0.1) is 0 Å². The quantitative estimate of drug-likeness (QED) is 0.717. The maximum absolute atomic E-state index is 10.6. The highest BCUT2D eigenvalue weighted by Crippen LogP contribution is 2.29. The smallest absolute Gasteiger partial charge is 0.305 e. The molecule has 0 radical (unpaired) electrons. The Morgan fingerprint density at radius 1 is 1.39 bits per heavy atom. The zero-order valence-electron chi connectivity index (χ0n) is 10.8. The topological polar surface area (TPSA) is 86.8 Å². The molecule has 100 valence electrons. The van der Waals surface area contributed by atoms with Crippen LogP contribution in [0.5, 0.6) is 5.75 Å². The fourth-order valence-electron chi connectivity index (χ4n) is 1.93. The van der Waals surface area contributed by atoms with Crippen LogP contribution in [0.4, 0.5) is 5.69 Å². The summed E-state index contributed by atoms with van der Waals surface area (Å²) in [7, 11) is 0. The molecule has 0 fully saturated rings.